The molecule has 0 aliphatic rings. The van der Waals surface area contributed by atoms with Crippen LogP contribution in [0, 0.1) is 0 Å². The van der Waals surface area contributed by atoms with E-state index in [0.717, 1.165) is 19.3 Å². The second-order valence-electron chi connectivity index (χ2n) is 5.38. The third-order valence-electron chi connectivity index (χ3n) is 3.65. The zero-order valence-electron chi connectivity index (χ0n) is 13.4. The highest BCUT2D eigenvalue weighted by Gasteiger charge is 2.23. The first-order chi connectivity index (χ1) is 10.5. The van der Waals surface area contributed by atoms with E-state index in [1.165, 1.54) is 25.3 Å². The van der Waals surface area contributed by atoms with Crippen LogP contribution in [-0.4, -0.2) is 27.9 Å². The first-order valence-electron chi connectivity index (χ1n) is 7.96. The molecule has 0 aliphatic carbocycles. The number of benzene rings is 1. The number of hydrogen-bond donors (Lipinski definition) is 3. The molecule has 0 amide bonds. The molecule has 1 aromatic carbocycles. The van der Waals surface area contributed by atoms with Crippen molar-refractivity contribution >= 4 is 5.97 Å². The summed E-state index contributed by atoms with van der Waals surface area (Å²) in [6.07, 6.45) is 7.17. The Labute approximate surface area is 131 Å². The summed E-state index contributed by atoms with van der Waals surface area (Å²) in [6, 6.07) is 1.36. The second-order valence-corrected chi connectivity index (χ2v) is 5.38. The lowest BCUT2D eigenvalue weighted by atomic mass is 10.0. The summed E-state index contributed by atoms with van der Waals surface area (Å²) in [5, 5.41) is 28.6. The van der Waals surface area contributed by atoms with Gasteiger partial charge in [-0.05, 0) is 24.5 Å². The maximum Gasteiger partial charge on any atom is 0.343 e. The van der Waals surface area contributed by atoms with Crippen molar-refractivity contribution in [3.8, 4) is 17.2 Å². The minimum atomic E-state index is -1.30. The lowest BCUT2D eigenvalue weighted by molar-refractivity contribution is 0.0687. The number of phenolic OH excluding ortho intramolecular Hbond substituents is 1. The standard InChI is InChI=1S/C17H26O5/c1-3-5-6-7-8-9-10-22-16-12(4-2)11-13(18)15(19)14(16)17(20)21/h11,18-19H,3-10H2,1-2H3,(H,20,21). The number of aromatic carboxylic acids is 1. The van der Waals surface area contributed by atoms with Crippen LogP contribution in [0.5, 0.6) is 17.2 Å². The molecule has 22 heavy (non-hydrogen) atoms. The van der Waals surface area contributed by atoms with E-state index >= 15 is 0 Å². The van der Waals surface area contributed by atoms with Crippen molar-refractivity contribution in [2.45, 2.75) is 58.8 Å². The van der Waals surface area contributed by atoms with Gasteiger partial charge in [0.25, 0.3) is 0 Å². The topological polar surface area (TPSA) is 87.0 Å². The summed E-state index contributed by atoms with van der Waals surface area (Å²) in [7, 11) is 0. The van der Waals surface area contributed by atoms with Crippen LogP contribution < -0.4 is 4.74 Å². The Kier molecular flexibility index (Phi) is 7.57. The predicted molar refractivity (Wildman–Crippen MR) is 85.0 cm³/mol. The van der Waals surface area contributed by atoms with Gasteiger partial charge in [-0.25, -0.2) is 4.79 Å². The summed E-state index contributed by atoms with van der Waals surface area (Å²) in [4.78, 5) is 11.3. The van der Waals surface area contributed by atoms with Crippen LogP contribution in [0.1, 0.15) is 68.3 Å². The van der Waals surface area contributed by atoms with Crippen LogP contribution in [0.25, 0.3) is 0 Å². The molecule has 0 saturated carbocycles. The van der Waals surface area contributed by atoms with E-state index in [0.29, 0.717) is 18.6 Å². The molecule has 0 radical (unpaired) electrons. The molecule has 0 heterocycles. The zero-order chi connectivity index (χ0) is 16.5. The molecule has 0 unspecified atom stereocenters. The van der Waals surface area contributed by atoms with Crippen LogP contribution in [0.2, 0.25) is 0 Å². The van der Waals surface area contributed by atoms with Crippen molar-refractivity contribution in [3.05, 3.63) is 17.2 Å². The predicted octanol–water partition coefficient (Wildman–Crippen LogP) is 4.10. The lowest BCUT2D eigenvalue weighted by Crippen LogP contribution is -2.08. The SMILES string of the molecule is CCCCCCCCOc1c(CC)cc(O)c(O)c1C(=O)O. The van der Waals surface area contributed by atoms with E-state index in [4.69, 9.17) is 4.74 Å². The van der Waals surface area contributed by atoms with Crippen molar-refractivity contribution in [2.24, 2.45) is 0 Å². The summed E-state index contributed by atoms with van der Waals surface area (Å²) in [5.41, 5.74) is 0.224. The highest BCUT2D eigenvalue weighted by molar-refractivity contribution is 5.95. The second kappa shape index (κ2) is 9.18. The van der Waals surface area contributed by atoms with Crippen molar-refractivity contribution in [3.63, 3.8) is 0 Å². The molecule has 1 aromatic rings. The van der Waals surface area contributed by atoms with Crippen LogP contribution in [-0.2, 0) is 6.42 Å². The molecule has 0 saturated heterocycles. The molecule has 0 fully saturated rings. The first-order valence-corrected chi connectivity index (χ1v) is 7.96. The van der Waals surface area contributed by atoms with Crippen molar-refractivity contribution in [1.29, 1.82) is 0 Å². The molecule has 0 bridgehead atoms. The molecule has 5 heteroatoms. The Hall–Kier alpha value is -1.91. The fraction of sp³-hybridized carbons (Fsp3) is 0.588. The van der Waals surface area contributed by atoms with E-state index in [9.17, 15) is 20.1 Å². The molecular weight excluding hydrogens is 284 g/mol. The van der Waals surface area contributed by atoms with Gasteiger partial charge in [0, 0.05) is 0 Å². The van der Waals surface area contributed by atoms with Gasteiger partial charge in [0.15, 0.2) is 11.5 Å². The number of aromatic hydroxyl groups is 2. The lowest BCUT2D eigenvalue weighted by Gasteiger charge is -2.15. The van der Waals surface area contributed by atoms with Gasteiger partial charge in [0.2, 0.25) is 0 Å². The molecule has 0 aliphatic heterocycles. The summed E-state index contributed by atoms with van der Waals surface area (Å²) in [5.74, 6) is -2.20. The number of hydrogen-bond acceptors (Lipinski definition) is 4. The third-order valence-corrected chi connectivity index (χ3v) is 3.65. The zero-order valence-corrected chi connectivity index (χ0v) is 13.4. The molecule has 0 atom stereocenters. The Morgan fingerprint density at radius 2 is 1.73 bits per heavy atom. The van der Waals surface area contributed by atoms with Gasteiger partial charge in [-0.1, -0.05) is 46.0 Å². The maximum atomic E-state index is 11.3. The van der Waals surface area contributed by atoms with Gasteiger partial charge in [-0.2, -0.15) is 0 Å². The van der Waals surface area contributed by atoms with Crippen LogP contribution in [0.15, 0.2) is 6.07 Å². The maximum absolute atomic E-state index is 11.3. The molecule has 3 N–H and O–H groups in total. The Morgan fingerprint density at radius 3 is 2.32 bits per heavy atom. The van der Waals surface area contributed by atoms with Gasteiger partial charge in [-0.15, -0.1) is 0 Å². The average Bonchev–Trinajstić information content (AvgIpc) is 2.49. The number of carbonyl (C=O) groups is 1. The quantitative estimate of drug-likeness (QED) is 0.447. The third kappa shape index (κ3) is 4.83. The smallest absolute Gasteiger partial charge is 0.343 e. The molecule has 124 valence electrons. The van der Waals surface area contributed by atoms with Crippen LogP contribution in [0.3, 0.4) is 0 Å². The molecule has 5 nitrogen and oxygen atoms in total. The number of aryl methyl sites for hydroxylation is 1. The fourth-order valence-electron chi connectivity index (χ4n) is 2.38. The number of phenols is 2. The van der Waals surface area contributed by atoms with Gasteiger partial charge in [0.1, 0.15) is 11.3 Å². The minimum Gasteiger partial charge on any atom is -0.504 e. The number of unbranched alkanes of at least 4 members (excludes halogenated alkanes) is 5. The molecule has 0 aromatic heterocycles. The van der Waals surface area contributed by atoms with E-state index in [2.05, 4.69) is 6.92 Å². The highest BCUT2D eigenvalue weighted by atomic mass is 16.5. The van der Waals surface area contributed by atoms with Gasteiger partial charge in [-0.3, -0.25) is 0 Å². The average molecular weight is 310 g/mol. The minimum absolute atomic E-state index is 0.166. The van der Waals surface area contributed by atoms with Gasteiger partial charge < -0.3 is 20.1 Å². The highest BCUT2D eigenvalue weighted by Crippen LogP contribution is 2.39. The number of carboxylic acids is 1. The molecule has 0 spiro atoms. The Balaban J connectivity index is 2.72. The van der Waals surface area contributed by atoms with Crippen molar-refractivity contribution in [1.82, 2.24) is 0 Å². The van der Waals surface area contributed by atoms with Crippen LogP contribution in [0.4, 0.5) is 0 Å². The summed E-state index contributed by atoms with van der Waals surface area (Å²) >= 11 is 0. The number of ether oxygens (including phenoxy) is 1. The normalized spacial score (nSPS) is 10.6. The van der Waals surface area contributed by atoms with E-state index in [1.807, 2.05) is 6.92 Å². The van der Waals surface area contributed by atoms with Crippen LogP contribution >= 0.6 is 0 Å². The Morgan fingerprint density at radius 1 is 1.09 bits per heavy atom. The molecular formula is C17H26O5. The molecule has 1 rings (SSSR count). The first kappa shape index (κ1) is 18.1. The number of rotatable bonds is 10. The monoisotopic (exact) mass is 310 g/mol. The number of carboxylic acid groups (broad SMARTS) is 1. The summed E-state index contributed by atoms with van der Waals surface area (Å²) in [6.45, 7) is 4.42. The van der Waals surface area contributed by atoms with E-state index in [-0.39, 0.29) is 11.3 Å². The van der Waals surface area contributed by atoms with Gasteiger partial charge in [0.05, 0.1) is 6.61 Å². The summed E-state index contributed by atoms with van der Waals surface area (Å²) < 4.78 is 5.61. The Bertz CT molecular complexity index is 496. The van der Waals surface area contributed by atoms with E-state index < -0.39 is 17.5 Å². The largest absolute Gasteiger partial charge is 0.504 e. The fourth-order valence-corrected chi connectivity index (χ4v) is 2.38. The van der Waals surface area contributed by atoms with E-state index in [1.54, 1.807) is 0 Å². The van der Waals surface area contributed by atoms with Crippen molar-refractivity contribution < 1.29 is 24.9 Å². The van der Waals surface area contributed by atoms with Crippen molar-refractivity contribution in [2.75, 3.05) is 6.61 Å². The van der Waals surface area contributed by atoms with Gasteiger partial charge >= 0.3 is 5.97 Å².